The molecule has 5 heteroatoms. The molecule has 0 unspecified atom stereocenters. The molecule has 0 radical (unpaired) electrons. The maximum atomic E-state index is 12.4. The van der Waals surface area contributed by atoms with Crippen molar-refractivity contribution in [3.8, 4) is 11.5 Å². The Morgan fingerprint density at radius 3 is 2.35 bits per heavy atom. The van der Waals surface area contributed by atoms with Gasteiger partial charge in [0.05, 0.1) is 5.92 Å². The summed E-state index contributed by atoms with van der Waals surface area (Å²) in [6.07, 6.45) is 4.34. The van der Waals surface area contributed by atoms with Crippen LogP contribution in [0.5, 0.6) is 11.5 Å². The van der Waals surface area contributed by atoms with Gasteiger partial charge < -0.3 is 20.0 Å². The molecule has 2 aromatic rings. The van der Waals surface area contributed by atoms with Gasteiger partial charge in [-0.2, -0.15) is 0 Å². The van der Waals surface area contributed by atoms with Crippen molar-refractivity contribution in [3.05, 3.63) is 66.2 Å². The van der Waals surface area contributed by atoms with E-state index in [1.54, 1.807) is 30.3 Å². The first-order chi connectivity index (χ1) is 12.5. The van der Waals surface area contributed by atoms with Gasteiger partial charge >= 0.3 is 0 Å². The number of hydrogen-bond donors (Lipinski definition) is 1. The van der Waals surface area contributed by atoms with Gasteiger partial charge in [-0.25, -0.2) is 0 Å². The van der Waals surface area contributed by atoms with Crippen LogP contribution < -0.4 is 15.2 Å². The highest BCUT2D eigenvalue weighted by molar-refractivity contribution is 5.95. The quantitative estimate of drug-likeness (QED) is 0.841. The third-order valence-corrected chi connectivity index (χ3v) is 4.42. The highest BCUT2D eigenvalue weighted by atomic mass is 16.5. The molecular formula is C21H20NO4-. The second kappa shape index (κ2) is 7.87. The molecule has 2 aromatic carbocycles. The molecule has 0 bridgehead atoms. The van der Waals surface area contributed by atoms with Crippen LogP contribution in [0, 0.1) is 18.8 Å². The number of carboxylic acid groups (broad SMARTS) is 1. The summed E-state index contributed by atoms with van der Waals surface area (Å²) in [5, 5.41) is 14.0. The van der Waals surface area contributed by atoms with Crippen molar-refractivity contribution in [1.82, 2.24) is 0 Å². The first-order valence-electron chi connectivity index (χ1n) is 8.54. The lowest BCUT2D eigenvalue weighted by atomic mass is 9.82. The number of anilines is 1. The Hall–Kier alpha value is -3.08. The molecule has 1 N–H and O–H groups in total. The van der Waals surface area contributed by atoms with Crippen molar-refractivity contribution in [1.29, 1.82) is 0 Å². The predicted molar refractivity (Wildman–Crippen MR) is 96.7 cm³/mol. The van der Waals surface area contributed by atoms with Crippen molar-refractivity contribution in [2.75, 3.05) is 5.32 Å². The second-order valence-corrected chi connectivity index (χ2v) is 6.41. The Morgan fingerprint density at radius 1 is 1.00 bits per heavy atom. The van der Waals surface area contributed by atoms with Crippen LogP contribution in [-0.2, 0) is 9.59 Å². The molecule has 0 aromatic heterocycles. The van der Waals surface area contributed by atoms with Crippen LogP contribution in [0.15, 0.2) is 60.7 Å². The van der Waals surface area contributed by atoms with E-state index >= 15 is 0 Å². The number of aliphatic carboxylic acids is 1. The van der Waals surface area contributed by atoms with E-state index in [0.717, 1.165) is 11.3 Å². The molecule has 1 amide bonds. The van der Waals surface area contributed by atoms with Crippen LogP contribution in [0.2, 0.25) is 0 Å². The molecule has 134 valence electrons. The van der Waals surface area contributed by atoms with Crippen LogP contribution in [-0.4, -0.2) is 11.9 Å². The van der Waals surface area contributed by atoms with Crippen LogP contribution >= 0.6 is 0 Å². The van der Waals surface area contributed by atoms with Gasteiger partial charge in [0.1, 0.15) is 11.5 Å². The maximum absolute atomic E-state index is 12.4. The third kappa shape index (κ3) is 4.30. The zero-order chi connectivity index (χ0) is 18.5. The van der Waals surface area contributed by atoms with Crippen molar-refractivity contribution >= 4 is 17.6 Å². The first-order valence-corrected chi connectivity index (χ1v) is 8.54. The molecule has 5 nitrogen and oxygen atoms in total. The lowest BCUT2D eigenvalue weighted by Gasteiger charge is -2.28. The summed E-state index contributed by atoms with van der Waals surface area (Å²) in [7, 11) is 0. The van der Waals surface area contributed by atoms with E-state index in [1.807, 2.05) is 37.3 Å². The second-order valence-electron chi connectivity index (χ2n) is 6.41. The number of carbonyl (C=O) groups excluding carboxylic acids is 2. The predicted octanol–water partition coefficient (Wildman–Crippen LogP) is 3.06. The number of hydrogen-bond acceptors (Lipinski definition) is 4. The van der Waals surface area contributed by atoms with Gasteiger partial charge in [-0.15, -0.1) is 0 Å². The number of nitrogens with one attached hydrogen (secondary N) is 1. The van der Waals surface area contributed by atoms with Crippen molar-refractivity contribution < 1.29 is 19.4 Å². The molecule has 0 spiro atoms. The average Bonchev–Trinajstić information content (AvgIpc) is 2.63. The minimum absolute atomic E-state index is 0.309. The van der Waals surface area contributed by atoms with E-state index in [4.69, 9.17) is 4.74 Å². The Bertz CT molecular complexity index is 826. The largest absolute Gasteiger partial charge is 0.550 e. The smallest absolute Gasteiger partial charge is 0.228 e. The molecule has 3 rings (SSSR count). The van der Waals surface area contributed by atoms with Gasteiger partial charge in [-0.1, -0.05) is 24.3 Å². The molecule has 26 heavy (non-hydrogen) atoms. The maximum Gasteiger partial charge on any atom is 0.228 e. The summed E-state index contributed by atoms with van der Waals surface area (Å²) in [6, 6.07) is 14.7. The number of carbonyl (C=O) groups is 2. The van der Waals surface area contributed by atoms with E-state index in [0.29, 0.717) is 24.3 Å². The summed E-state index contributed by atoms with van der Waals surface area (Å²) >= 11 is 0. The van der Waals surface area contributed by atoms with E-state index < -0.39 is 17.8 Å². The standard InChI is InChI=1S/C21H21NO4/c1-14-5-4-6-17(13-14)26-16-11-9-15(10-12-16)22-20(23)18-7-2-3-8-19(18)21(24)25/h2-6,9-13,18-19H,7-8H2,1H3,(H,22,23)(H,24,25)/p-1/t18-,19+/m1/s1. The number of carboxylic acids is 1. The number of benzene rings is 2. The number of amides is 1. The highest BCUT2D eigenvalue weighted by Gasteiger charge is 2.29. The molecule has 0 saturated heterocycles. The lowest BCUT2D eigenvalue weighted by molar-refractivity contribution is -0.313. The normalized spacial score (nSPS) is 19.0. The van der Waals surface area contributed by atoms with E-state index in [9.17, 15) is 14.7 Å². The third-order valence-electron chi connectivity index (χ3n) is 4.42. The first kappa shape index (κ1) is 17.7. The number of ether oxygens (including phenoxy) is 1. The van der Waals surface area contributed by atoms with Crippen LogP contribution in [0.25, 0.3) is 0 Å². The fraction of sp³-hybridized carbons (Fsp3) is 0.238. The van der Waals surface area contributed by atoms with Crippen LogP contribution in [0.3, 0.4) is 0 Å². The number of aryl methyl sites for hydroxylation is 1. The molecule has 0 fully saturated rings. The van der Waals surface area contributed by atoms with Crippen molar-refractivity contribution in [3.63, 3.8) is 0 Å². The van der Waals surface area contributed by atoms with Gasteiger partial charge in [0.25, 0.3) is 0 Å². The van der Waals surface area contributed by atoms with E-state index in [2.05, 4.69) is 5.32 Å². The average molecular weight is 350 g/mol. The molecule has 0 saturated carbocycles. The van der Waals surface area contributed by atoms with Crippen LogP contribution in [0.1, 0.15) is 18.4 Å². The van der Waals surface area contributed by atoms with E-state index in [1.165, 1.54) is 0 Å². The topological polar surface area (TPSA) is 78.5 Å². The number of allylic oxidation sites excluding steroid dienone is 2. The summed E-state index contributed by atoms with van der Waals surface area (Å²) in [5.41, 5.74) is 1.70. The molecule has 2 atom stereocenters. The molecule has 0 aliphatic heterocycles. The van der Waals surface area contributed by atoms with Crippen molar-refractivity contribution in [2.45, 2.75) is 19.8 Å². The zero-order valence-corrected chi connectivity index (χ0v) is 14.5. The Labute approximate surface area is 152 Å². The minimum Gasteiger partial charge on any atom is -0.550 e. The zero-order valence-electron chi connectivity index (χ0n) is 14.5. The Kier molecular flexibility index (Phi) is 5.37. The number of rotatable bonds is 5. The monoisotopic (exact) mass is 350 g/mol. The summed E-state index contributed by atoms with van der Waals surface area (Å²) < 4.78 is 5.78. The van der Waals surface area contributed by atoms with Gasteiger partial charge in [0.15, 0.2) is 0 Å². The summed E-state index contributed by atoms with van der Waals surface area (Å²) in [5.74, 6) is -1.50. The minimum atomic E-state index is -1.18. The summed E-state index contributed by atoms with van der Waals surface area (Å²) in [6.45, 7) is 1.99. The van der Waals surface area contributed by atoms with Gasteiger partial charge in [-0.05, 0) is 61.7 Å². The molecule has 1 aliphatic carbocycles. The lowest BCUT2D eigenvalue weighted by Crippen LogP contribution is -2.41. The molecule has 0 heterocycles. The highest BCUT2D eigenvalue weighted by Crippen LogP contribution is 2.28. The van der Waals surface area contributed by atoms with Gasteiger partial charge in [0.2, 0.25) is 5.91 Å². The SMILES string of the molecule is Cc1cccc(Oc2ccc(NC(=O)[C@@H]3CC=CC[C@@H]3C(=O)[O-])cc2)c1. The fourth-order valence-corrected chi connectivity index (χ4v) is 3.02. The van der Waals surface area contributed by atoms with Gasteiger partial charge in [-0.3, -0.25) is 4.79 Å². The Morgan fingerprint density at radius 2 is 1.69 bits per heavy atom. The summed E-state index contributed by atoms with van der Waals surface area (Å²) in [4.78, 5) is 23.7. The van der Waals surface area contributed by atoms with Crippen molar-refractivity contribution in [2.24, 2.45) is 11.8 Å². The Balaban J connectivity index is 1.64. The van der Waals surface area contributed by atoms with Crippen LogP contribution in [0.4, 0.5) is 5.69 Å². The van der Waals surface area contributed by atoms with Gasteiger partial charge in [0, 0.05) is 17.6 Å². The fourth-order valence-electron chi connectivity index (χ4n) is 3.02. The molecule has 1 aliphatic rings. The molecular weight excluding hydrogens is 330 g/mol. The van der Waals surface area contributed by atoms with E-state index in [-0.39, 0.29) is 5.91 Å².